The zero-order valence-corrected chi connectivity index (χ0v) is 33.7. The van der Waals surface area contributed by atoms with Gasteiger partial charge < -0.3 is 0 Å². The van der Waals surface area contributed by atoms with E-state index in [0.29, 0.717) is 5.82 Å². The third-order valence-electron chi connectivity index (χ3n) is 11.9. The van der Waals surface area contributed by atoms with Crippen molar-refractivity contribution in [2.75, 3.05) is 0 Å². The van der Waals surface area contributed by atoms with E-state index >= 15 is 0 Å². The van der Waals surface area contributed by atoms with Crippen LogP contribution in [0, 0.1) is 0 Å². The number of pyridine rings is 1. The monoisotopic (exact) mass is 785 g/mol. The van der Waals surface area contributed by atoms with Crippen molar-refractivity contribution in [1.82, 2.24) is 15.0 Å². The molecule has 0 radical (unpaired) electrons. The third kappa shape index (κ3) is 6.28. The Kier molecular flexibility index (Phi) is 9.13. The summed E-state index contributed by atoms with van der Waals surface area (Å²) in [6.45, 7) is 0. The molecule has 3 heterocycles. The highest BCUT2D eigenvalue weighted by atomic mass is 32.2. The first-order valence-electron chi connectivity index (χ1n) is 20.6. The molecular weight excluding hydrogens is 747 g/mol. The van der Waals surface area contributed by atoms with Crippen molar-refractivity contribution in [1.29, 1.82) is 0 Å². The number of thioether (sulfide) groups is 1. The number of fused-ring (bicyclic) bond motifs is 3. The first-order valence-corrected chi connectivity index (χ1v) is 21.4. The number of benzene rings is 7. The molecule has 0 spiro atoms. The van der Waals surface area contributed by atoms with Gasteiger partial charge in [0, 0.05) is 43.6 Å². The van der Waals surface area contributed by atoms with Crippen LogP contribution in [0.15, 0.2) is 228 Å². The van der Waals surface area contributed by atoms with Crippen LogP contribution >= 0.6 is 11.8 Å². The molecule has 0 bridgehead atoms. The highest BCUT2D eigenvalue weighted by Gasteiger charge is 2.46. The van der Waals surface area contributed by atoms with E-state index in [-0.39, 0.29) is 0 Å². The molecule has 0 saturated heterocycles. The van der Waals surface area contributed by atoms with E-state index in [9.17, 15) is 0 Å². The maximum absolute atomic E-state index is 5.15. The molecule has 1 unspecified atom stereocenters. The van der Waals surface area contributed by atoms with Gasteiger partial charge in [-0.2, -0.15) is 0 Å². The molecule has 9 aromatic rings. The fraction of sp³-hybridized carbons (Fsp3) is 0.0536. The van der Waals surface area contributed by atoms with Gasteiger partial charge in [-0.1, -0.05) is 200 Å². The van der Waals surface area contributed by atoms with Crippen LogP contribution in [-0.2, 0) is 5.41 Å². The summed E-state index contributed by atoms with van der Waals surface area (Å²) < 4.78 is 0. The first kappa shape index (κ1) is 36.0. The molecule has 1 atom stereocenters. The molecular formula is C56H39N3S. The summed E-state index contributed by atoms with van der Waals surface area (Å²) in [4.78, 5) is 17.6. The summed E-state index contributed by atoms with van der Waals surface area (Å²) in [5.74, 6) is 0.708. The lowest BCUT2D eigenvalue weighted by molar-refractivity contribution is 0.705. The van der Waals surface area contributed by atoms with Crippen LogP contribution in [0.5, 0.6) is 0 Å². The van der Waals surface area contributed by atoms with Crippen molar-refractivity contribution < 1.29 is 0 Å². The van der Waals surface area contributed by atoms with Gasteiger partial charge in [-0.25, -0.2) is 9.97 Å². The maximum Gasteiger partial charge on any atom is 0.160 e. The number of rotatable bonds is 7. The minimum absolute atomic E-state index is 0.516. The van der Waals surface area contributed by atoms with E-state index in [0.717, 1.165) is 62.9 Å². The van der Waals surface area contributed by atoms with Crippen LogP contribution in [0.1, 0.15) is 29.5 Å². The van der Waals surface area contributed by atoms with Gasteiger partial charge in [-0.3, -0.25) is 4.98 Å². The van der Waals surface area contributed by atoms with Gasteiger partial charge in [0.2, 0.25) is 0 Å². The standard InChI is InChI=1S/C56H39N3S/c1-3-13-41(14-4-1)50-37-51(42-15-5-2-6-16-42)59-55(58-50)44-30-34-46(35-31-44)56(48-20-7-9-22-52(48)60-53-23-10-8-21-49(53)56)45-32-28-39(29-33-45)38-24-26-40(27-25-38)47-19-11-17-43-18-12-36-57-54(43)47/h1-7,9,11-37H,8,10H2. The normalized spacial score (nSPS) is 15.7. The molecule has 0 amide bonds. The summed E-state index contributed by atoms with van der Waals surface area (Å²) in [7, 11) is 0. The Morgan fingerprint density at radius 2 is 1.02 bits per heavy atom. The Morgan fingerprint density at radius 1 is 0.450 bits per heavy atom. The average Bonchev–Trinajstić information content (AvgIpc) is 3.34. The molecule has 284 valence electrons. The largest absolute Gasteiger partial charge is 0.256 e. The summed E-state index contributed by atoms with van der Waals surface area (Å²) in [5.41, 5.74) is 15.2. The maximum atomic E-state index is 5.15. The minimum atomic E-state index is -0.516. The summed E-state index contributed by atoms with van der Waals surface area (Å²) in [6.07, 6.45) is 8.86. The zero-order valence-electron chi connectivity index (χ0n) is 32.9. The molecule has 0 saturated carbocycles. The second-order valence-electron chi connectivity index (χ2n) is 15.4. The van der Waals surface area contributed by atoms with Crippen molar-refractivity contribution in [3.8, 4) is 56.2 Å². The number of aromatic nitrogens is 3. The van der Waals surface area contributed by atoms with Crippen LogP contribution in [0.3, 0.4) is 0 Å². The van der Waals surface area contributed by atoms with E-state index in [4.69, 9.17) is 15.0 Å². The van der Waals surface area contributed by atoms with E-state index < -0.39 is 5.41 Å². The van der Waals surface area contributed by atoms with Crippen LogP contribution in [0.25, 0.3) is 67.1 Å². The predicted octanol–water partition coefficient (Wildman–Crippen LogP) is 14.4. The fourth-order valence-corrected chi connectivity index (χ4v) is 10.3. The zero-order chi connectivity index (χ0) is 39.9. The number of para-hydroxylation sites is 1. The Hall–Kier alpha value is -7.14. The number of hydrogen-bond acceptors (Lipinski definition) is 4. The second-order valence-corrected chi connectivity index (χ2v) is 16.5. The predicted molar refractivity (Wildman–Crippen MR) is 249 cm³/mol. The summed E-state index contributed by atoms with van der Waals surface area (Å²) in [5, 5.41) is 1.15. The van der Waals surface area contributed by atoms with Gasteiger partial charge in [0.25, 0.3) is 0 Å². The second kappa shape index (κ2) is 15.2. The molecule has 1 aliphatic heterocycles. The van der Waals surface area contributed by atoms with Crippen molar-refractivity contribution in [2.45, 2.75) is 23.2 Å². The van der Waals surface area contributed by atoms with Gasteiger partial charge in [0.05, 0.1) is 22.3 Å². The SMILES string of the molecule is C1=C2Sc3ccccc3C(c3ccc(-c4ccc(-c5cccc6cccnc56)cc4)cc3)(c3ccc(-c4nc(-c5ccccc5)cc(-c5ccccc5)n4)cc3)C2=CCC1. The molecule has 11 rings (SSSR count). The van der Waals surface area contributed by atoms with E-state index in [1.165, 1.54) is 43.2 Å². The van der Waals surface area contributed by atoms with Gasteiger partial charge in [0.1, 0.15) is 0 Å². The lowest BCUT2D eigenvalue weighted by Crippen LogP contribution is -2.35. The van der Waals surface area contributed by atoms with Gasteiger partial charge >= 0.3 is 0 Å². The Morgan fingerprint density at radius 3 is 1.70 bits per heavy atom. The lowest BCUT2D eigenvalue weighted by Gasteiger charge is -2.44. The molecule has 0 fully saturated rings. The topological polar surface area (TPSA) is 38.7 Å². The molecule has 2 aromatic heterocycles. The highest BCUT2D eigenvalue weighted by molar-refractivity contribution is 8.03. The molecule has 4 heteroatoms. The Balaban J connectivity index is 1.02. The highest BCUT2D eigenvalue weighted by Crippen LogP contribution is 2.58. The quantitative estimate of drug-likeness (QED) is 0.161. The van der Waals surface area contributed by atoms with Crippen molar-refractivity contribution >= 4 is 22.7 Å². The average molecular weight is 786 g/mol. The number of nitrogens with zero attached hydrogens (tertiary/aromatic N) is 3. The Bertz CT molecular complexity index is 3020. The Labute approximate surface area is 354 Å². The van der Waals surface area contributed by atoms with Gasteiger partial charge in [0.15, 0.2) is 5.82 Å². The van der Waals surface area contributed by atoms with Crippen LogP contribution in [-0.4, -0.2) is 15.0 Å². The molecule has 3 nitrogen and oxygen atoms in total. The van der Waals surface area contributed by atoms with E-state index in [2.05, 4.69) is 188 Å². The van der Waals surface area contributed by atoms with Crippen molar-refractivity contribution in [2.24, 2.45) is 0 Å². The third-order valence-corrected chi connectivity index (χ3v) is 13.1. The smallest absolute Gasteiger partial charge is 0.160 e. The van der Waals surface area contributed by atoms with Gasteiger partial charge in [-0.15, -0.1) is 0 Å². The van der Waals surface area contributed by atoms with Crippen LogP contribution in [0.4, 0.5) is 0 Å². The lowest BCUT2D eigenvalue weighted by atomic mass is 9.63. The van der Waals surface area contributed by atoms with E-state index in [1.807, 2.05) is 36.2 Å². The molecule has 60 heavy (non-hydrogen) atoms. The van der Waals surface area contributed by atoms with Crippen LogP contribution < -0.4 is 0 Å². The number of allylic oxidation sites excluding steroid dienone is 3. The minimum Gasteiger partial charge on any atom is -0.256 e. The molecule has 2 aliphatic rings. The molecule has 7 aromatic carbocycles. The van der Waals surface area contributed by atoms with Crippen molar-refractivity contribution in [3.05, 3.63) is 240 Å². The summed E-state index contributed by atoms with van der Waals surface area (Å²) >= 11 is 1.90. The van der Waals surface area contributed by atoms with Gasteiger partial charge in [-0.05, 0) is 70.0 Å². The molecule has 0 N–H and O–H groups in total. The number of hydrogen-bond donors (Lipinski definition) is 0. The van der Waals surface area contributed by atoms with Crippen LogP contribution in [0.2, 0.25) is 0 Å². The summed E-state index contributed by atoms with van der Waals surface area (Å²) in [6, 6.07) is 69.6. The molecule has 1 aliphatic carbocycles. The first-order chi connectivity index (χ1) is 29.7. The van der Waals surface area contributed by atoms with E-state index in [1.54, 1.807) is 0 Å². The fourth-order valence-electron chi connectivity index (χ4n) is 9.06. The van der Waals surface area contributed by atoms with Crippen molar-refractivity contribution in [3.63, 3.8) is 0 Å².